The van der Waals surface area contributed by atoms with Crippen LogP contribution in [0, 0.1) is 11.6 Å². The Kier molecular flexibility index (Phi) is 4.70. The van der Waals surface area contributed by atoms with E-state index >= 15 is 0 Å². The molecule has 3 rings (SSSR count). The van der Waals surface area contributed by atoms with Crippen molar-refractivity contribution in [3.63, 3.8) is 0 Å². The van der Waals surface area contributed by atoms with Crippen molar-refractivity contribution in [1.29, 1.82) is 0 Å². The zero-order chi connectivity index (χ0) is 17.3. The number of halogens is 4. The van der Waals surface area contributed by atoms with Crippen LogP contribution in [0.5, 0.6) is 0 Å². The molecule has 0 spiro atoms. The molecular weight excluding hydrogens is 346 g/mol. The fraction of sp³-hybridized carbons (Fsp3) is 0.333. The smallest absolute Gasteiger partial charge is 0.317 e. The molecule has 0 bridgehead atoms. The molecule has 0 radical (unpaired) electrons. The third-order valence-electron chi connectivity index (χ3n) is 3.48. The van der Waals surface area contributed by atoms with Gasteiger partial charge >= 0.3 is 6.03 Å². The summed E-state index contributed by atoms with van der Waals surface area (Å²) in [6.45, 7) is 0.0261. The van der Waals surface area contributed by atoms with Gasteiger partial charge in [-0.15, -0.1) is 11.3 Å². The van der Waals surface area contributed by atoms with Gasteiger partial charge in [0.1, 0.15) is 17.3 Å². The van der Waals surface area contributed by atoms with Crippen LogP contribution >= 0.6 is 11.3 Å². The van der Waals surface area contributed by atoms with Crippen LogP contribution in [0.2, 0.25) is 0 Å². The molecule has 4 nitrogen and oxygen atoms in total. The number of alkyl halides is 2. The van der Waals surface area contributed by atoms with Crippen molar-refractivity contribution in [2.24, 2.45) is 0 Å². The van der Waals surface area contributed by atoms with Gasteiger partial charge in [-0.2, -0.15) is 0 Å². The van der Waals surface area contributed by atoms with Crippen molar-refractivity contribution in [2.75, 3.05) is 5.32 Å². The maximum atomic E-state index is 13.3. The van der Waals surface area contributed by atoms with Crippen LogP contribution in [0.1, 0.15) is 30.5 Å². The molecular formula is C15H13F4N3OS. The van der Waals surface area contributed by atoms with E-state index in [9.17, 15) is 22.4 Å². The van der Waals surface area contributed by atoms with Crippen LogP contribution < -0.4 is 5.32 Å². The van der Waals surface area contributed by atoms with Crippen LogP contribution in [-0.4, -0.2) is 22.0 Å². The molecule has 1 fully saturated rings. The topological polar surface area (TPSA) is 45.2 Å². The highest BCUT2D eigenvalue weighted by atomic mass is 32.1. The summed E-state index contributed by atoms with van der Waals surface area (Å²) in [5.74, 6) is -1.44. The number of carbonyl (C=O) groups excluding carboxylic acids is 1. The quantitative estimate of drug-likeness (QED) is 0.796. The Bertz CT molecular complexity index is 728. The lowest BCUT2D eigenvalue weighted by atomic mass is 10.2. The third kappa shape index (κ3) is 4.02. The van der Waals surface area contributed by atoms with Crippen LogP contribution in [0.25, 0.3) is 0 Å². The van der Waals surface area contributed by atoms with Crippen molar-refractivity contribution in [1.82, 2.24) is 9.88 Å². The van der Waals surface area contributed by atoms with Gasteiger partial charge in [-0.05, 0) is 30.5 Å². The largest absolute Gasteiger partial charge is 0.324 e. The van der Waals surface area contributed by atoms with E-state index in [2.05, 4.69) is 10.3 Å². The molecule has 24 heavy (non-hydrogen) atoms. The first kappa shape index (κ1) is 16.7. The standard InChI is InChI=1S/C15H13F4N3OS/c16-9-3-8(4-10(17)5-9)6-22(11-1-2-11)15(23)21-14-20-12(7-24-14)13(18)19/h3-5,7,11,13H,1-2,6H2,(H,20,21,23). The number of amides is 2. The van der Waals surface area contributed by atoms with E-state index in [-0.39, 0.29) is 17.7 Å². The number of urea groups is 1. The molecule has 1 heterocycles. The molecule has 1 saturated carbocycles. The van der Waals surface area contributed by atoms with Gasteiger partial charge in [-0.25, -0.2) is 27.3 Å². The third-order valence-corrected chi connectivity index (χ3v) is 4.26. The number of hydrogen-bond donors (Lipinski definition) is 1. The number of anilines is 1. The van der Waals surface area contributed by atoms with Crippen LogP contribution in [0.15, 0.2) is 23.6 Å². The fourth-order valence-electron chi connectivity index (χ4n) is 2.26. The van der Waals surface area contributed by atoms with Crippen molar-refractivity contribution >= 4 is 22.5 Å². The van der Waals surface area contributed by atoms with Crippen molar-refractivity contribution in [3.05, 3.63) is 46.5 Å². The molecule has 128 valence electrons. The zero-order valence-corrected chi connectivity index (χ0v) is 13.1. The van der Waals surface area contributed by atoms with E-state index in [1.54, 1.807) is 0 Å². The number of nitrogens with zero attached hydrogens (tertiary/aromatic N) is 2. The SMILES string of the molecule is O=C(Nc1nc(C(F)F)cs1)N(Cc1cc(F)cc(F)c1)C1CC1. The number of benzene rings is 1. The summed E-state index contributed by atoms with van der Waals surface area (Å²) < 4.78 is 51.6. The maximum Gasteiger partial charge on any atom is 0.324 e. The van der Waals surface area contributed by atoms with Gasteiger partial charge in [0.05, 0.1) is 0 Å². The predicted molar refractivity (Wildman–Crippen MR) is 81.0 cm³/mol. The second kappa shape index (κ2) is 6.76. The van der Waals surface area contributed by atoms with Crippen LogP contribution in [-0.2, 0) is 6.54 Å². The number of thiazole rings is 1. The Hall–Kier alpha value is -2.16. The van der Waals surface area contributed by atoms with E-state index < -0.39 is 29.8 Å². The van der Waals surface area contributed by atoms with E-state index in [1.807, 2.05) is 0 Å². The molecule has 1 aromatic carbocycles. The number of hydrogen-bond acceptors (Lipinski definition) is 3. The van der Waals surface area contributed by atoms with Crippen molar-refractivity contribution < 1.29 is 22.4 Å². The summed E-state index contributed by atoms with van der Waals surface area (Å²) in [6.07, 6.45) is -1.14. The lowest BCUT2D eigenvalue weighted by molar-refractivity contribution is 0.147. The minimum atomic E-state index is -2.71. The molecule has 0 saturated heterocycles. The molecule has 1 aliphatic carbocycles. The summed E-state index contributed by atoms with van der Waals surface area (Å²) in [4.78, 5) is 17.4. The second-order valence-corrected chi connectivity index (χ2v) is 6.30. The van der Waals surface area contributed by atoms with E-state index in [0.29, 0.717) is 5.56 Å². The first-order valence-electron chi connectivity index (χ1n) is 7.18. The Balaban J connectivity index is 1.71. The molecule has 0 unspecified atom stereocenters. The summed E-state index contributed by atoms with van der Waals surface area (Å²) >= 11 is 0.897. The minimum absolute atomic E-state index is 0.0261. The molecule has 1 N–H and O–H groups in total. The van der Waals surface area contributed by atoms with E-state index in [4.69, 9.17) is 0 Å². The molecule has 9 heteroatoms. The molecule has 2 aromatic rings. The Morgan fingerprint density at radius 1 is 1.29 bits per heavy atom. The number of carbonyl (C=O) groups is 1. The molecule has 0 atom stereocenters. The number of rotatable bonds is 5. The van der Waals surface area contributed by atoms with Gasteiger partial charge in [0.2, 0.25) is 0 Å². The number of aromatic nitrogens is 1. The summed E-state index contributed by atoms with van der Waals surface area (Å²) in [5, 5.41) is 3.69. The van der Waals surface area contributed by atoms with Gasteiger partial charge < -0.3 is 4.90 Å². The Labute approximate surface area is 139 Å². The molecule has 0 aliphatic heterocycles. The summed E-state index contributed by atoms with van der Waals surface area (Å²) in [6, 6.07) is 2.50. The molecule has 1 aliphatic rings. The van der Waals surface area contributed by atoms with E-state index in [0.717, 1.165) is 42.4 Å². The van der Waals surface area contributed by atoms with Crippen LogP contribution in [0.3, 0.4) is 0 Å². The predicted octanol–water partition coefficient (Wildman–Crippen LogP) is 4.56. The molecule has 1 aromatic heterocycles. The maximum absolute atomic E-state index is 13.3. The molecule has 2 amide bonds. The average molecular weight is 359 g/mol. The average Bonchev–Trinajstić information content (AvgIpc) is 3.22. The first-order valence-corrected chi connectivity index (χ1v) is 8.06. The second-order valence-electron chi connectivity index (χ2n) is 5.45. The first-order chi connectivity index (χ1) is 11.4. The number of nitrogens with one attached hydrogen (secondary N) is 1. The highest BCUT2D eigenvalue weighted by Gasteiger charge is 2.33. The zero-order valence-electron chi connectivity index (χ0n) is 12.3. The monoisotopic (exact) mass is 359 g/mol. The lowest BCUT2D eigenvalue weighted by Gasteiger charge is -2.22. The van der Waals surface area contributed by atoms with Crippen molar-refractivity contribution in [3.8, 4) is 0 Å². The van der Waals surface area contributed by atoms with Gasteiger partial charge in [0.25, 0.3) is 6.43 Å². The normalized spacial score (nSPS) is 14.0. The van der Waals surface area contributed by atoms with Gasteiger partial charge in [0.15, 0.2) is 5.13 Å². The Morgan fingerprint density at radius 2 is 1.96 bits per heavy atom. The Morgan fingerprint density at radius 3 is 2.50 bits per heavy atom. The summed E-state index contributed by atoms with van der Waals surface area (Å²) in [5.41, 5.74) is -0.0811. The highest BCUT2D eigenvalue weighted by molar-refractivity contribution is 7.13. The van der Waals surface area contributed by atoms with E-state index in [1.165, 1.54) is 10.3 Å². The van der Waals surface area contributed by atoms with Gasteiger partial charge in [-0.3, -0.25) is 5.32 Å². The van der Waals surface area contributed by atoms with Gasteiger partial charge in [0, 0.05) is 24.0 Å². The van der Waals surface area contributed by atoms with Crippen molar-refractivity contribution in [2.45, 2.75) is 31.9 Å². The summed E-state index contributed by atoms with van der Waals surface area (Å²) in [7, 11) is 0. The fourth-order valence-corrected chi connectivity index (χ4v) is 2.95. The highest BCUT2D eigenvalue weighted by Crippen LogP contribution is 2.30. The lowest BCUT2D eigenvalue weighted by Crippen LogP contribution is -2.36. The van der Waals surface area contributed by atoms with Crippen LogP contribution in [0.4, 0.5) is 27.5 Å². The minimum Gasteiger partial charge on any atom is -0.317 e. The van der Waals surface area contributed by atoms with Gasteiger partial charge in [-0.1, -0.05) is 0 Å².